The number of aromatic nitrogens is 4. The number of hydrogen-bond acceptors (Lipinski definition) is 9. The molecule has 0 bridgehead atoms. The van der Waals surface area contributed by atoms with Gasteiger partial charge in [0.1, 0.15) is 6.61 Å². The number of imidazole rings is 1. The highest BCUT2D eigenvalue weighted by Crippen LogP contribution is 2.69. The van der Waals surface area contributed by atoms with Crippen molar-refractivity contribution >= 4 is 25.0 Å². The van der Waals surface area contributed by atoms with Crippen molar-refractivity contribution in [2.45, 2.75) is 89.3 Å². The molecule has 0 saturated heterocycles. The number of benzene rings is 2. The second-order valence-electron chi connectivity index (χ2n) is 15.1. The first-order chi connectivity index (χ1) is 23.0. The maximum absolute atomic E-state index is 9.42. The van der Waals surface area contributed by atoms with E-state index in [1.165, 1.54) is 5.56 Å². The van der Waals surface area contributed by atoms with Gasteiger partial charge in [-0.1, -0.05) is 66.5 Å². The van der Waals surface area contributed by atoms with Crippen LogP contribution in [0.3, 0.4) is 0 Å². The number of fused-ring (bicyclic) bond motifs is 3. The molecule has 252 valence electrons. The van der Waals surface area contributed by atoms with Gasteiger partial charge in [0.15, 0.2) is 11.2 Å². The largest absolute Gasteiger partial charge is 0.471 e. The van der Waals surface area contributed by atoms with E-state index in [0.29, 0.717) is 55.1 Å². The Morgan fingerprint density at radius 2 is 1.60 bits per heavy atom. The van der Waals surface area contributed by atoms with E-state index in [1.54, 1.807) is 0 Å². The van der Waals surface area contributed by atoms with Gasteiger partial charge < -0.3 is 34.7 Å². The monoisotopic (exact) mass is 651 g/mol. The lowest BCUT2D eigenvalue weighted by Crippen LogP contribution is -2.35. The Morgan fingerprint density at radius 3 is 2.19 bits per heavy atom. The molecule has 2 aromatic carbocycles. The van der Waals surface area contributed by atoms with E-state index in [-0.39, 0.29) is 53.1 Å². The summed E-state index contributed by atoms with van der Waals surface area (Å²) >= 11 is 0. The van der Waals surface area contributed by atoms with Crippen LogP contribution in [0.5, 0.6) is 5.88 Å². The van der Waals surface area contributed by atoms with Gasteiger partial charge in [0.05, 0.1) is 51.8 Å². The minimum atomic E-state index is -0.350. The van der Waals surface area contributed by atoms with Gasteiger partial charge in [-0.2, -0.15) is 9.97 Å². The third-order valence-electron chi connectivity index (χ3n) is 10.8. The van der Waals surface area contributed by atoms with Crippen LogP contribution in [-0.2, 0) is 22.7 Å². The Morgan fingerprint density at radius 1 is 0.938 bits per heavy atom. The third-order valence-corrected chi connectivity index (χ3v) is 10.8. The highest BCUT2D eigenvalue weighted by atomic mass is 16.5. The smallest absolute Gasteiger partial charge is 0.247 e. The lowest BCUT2D eigenvalue weighted by molar-refractivity contribution is -0.104. The molecule has 4 fully saturated rings. The number of aliphatic hydroxyl groups is 2. The molecular formula is C37H46BN5O5. The molecule has 11 heteroatoms. The van der Waals surface area contributed by atoms with Gasteiger partial charge in [0.2, 0.25) is 11.8 Å². The standard InChI is InChI=1S/C30H35N5O3.C7H11BO2/c1-29(2,3)38-24-14-23(22-15-30(22,24)18-36-16-20-10-6-4-7-11-20)35-19-32-25-26(35)33-28(31)34-27(25)37-17-21-12-8-5-9-13-21;8-5-1-6(10)7(3-9)2-4(5)7/h4-13,19,22-24H,14-18H2,1-3H3,(H2,31,33,34);4-6,9-10H,1-3H2/t22?,23-,24-,30-;4?,5-,6-,7-/m00/s1. The van der Waals surface area contributed by atoms with Crippen LogP contribution in [0.1, 0.15) is 63.6 Å². The second-order valence-corrected chi connectivity index (χ2v) is 15.1. The van der Waals surface area contributed by atoms with E-state index >= 15 is 0 Å². The molecule has 8 rings (SSSR count). The number of nitrogens with two attached hydrogens (primary N) is 1. The van der Waals surface area contributed by atoms with Crippen LogP contribution in [0.2, 0.25) is 5.82 Å². The van der Waals surface area contributed by atoms with Gasteiger partial charge in [0, 0.05) is 16.9 Å². The van der Waals surface area contributed by atoms with Crippen molar-refractivity contribution in [2.75, 3.05) is 18.9 Å². The molecule has 4 aromatic rings. The molecule has 4 aliphatic carbocycles. The van der Waals surface area contributed by atoms with Crippen LogP contribution < -0.4 is 10.5 Å². The number of nitrogen functional groups attached to an aromatic ring is 1. The van der Waals surface area contributed by atoms with E-state index in [1.807, 2.05) is 54.9 Å². The van der Waals surface area contributed by atoms with Crippen molar-refractivity contribution in [1.29, 1.82) is 0 Å². The fraction of sp³-hybridized carbons (Fsp3) is 0.541. The van der Waals surface area contributed by atoms with Crippen molar-refractivity contribution in [2.24, 2.45) is 22.7 Å². The highest BCUT2D eigenvalue weighted by Gasteiger charge is 2.69. The van der Waals surface area contributed by atoms with Crippen LogP contribution in [0, 0.1) is 22.7 Å². The minimum Gasteiger partial charge on any atom is -0.471 e. The van der Waals surface area contributed by atoms with Gasteiger partial charge in [-0.15, -0.1) is 0 Å². The van der Waals surface area contributed by atoms with E-state index < -0.39 is 0 Å². The SMILES string of the molecule is CC(C)(C)O[C@H]1C[C@H](n2cnc3c(OCc4ccccc4)nc(N)nc32)C2C[C@]21COCc1ccccc1.[B][C@H]1C[C@H](O)[C@]2(CO)CC12. The third kappa shape index (κ3) is 6.33. The zero-order valence-corrected chi connectivity index (χ0v) is 28.0. The zero-order chi connectivity index (χ0) is 33.7. The number of nitrogens with zero attached hydrogens (tertiary/aromatic N) is 4. The molecule has 2 heterocycles. The molecule has 48 heavy (non-hydrogen) atoms. The summed E-state index contributed by atoms with van der Waals surface area (Å²) in [6.45, 7) is 8.11. The summed E-state index contributed by atoms with van der Waals surface area (Å²) in [6, 6.07) is 20.5. The minimum absolute atomic E-state index is 0.0193. The van der Waals surface area contributed by atoms with E-state index in [9.17, 15) is 5.11 Å². The van der Waals surface area contributed by atoms with Crippen molar-refractivity contribution in [3.63, 3.8) is 0 Å². The van der Waals surface area contributed by atoms with Gasteiger partial charge >= 0.3 is 0 Å². The van der Waals surface area contributed by atoms with Crippen molar-refractivity contribution in [3.8, 4) is 5.88 Å². The highest BCUT2D eigenvalue weighted by molar-refractivity contribution is 6.12. The summed E-state index contributed by atoms with van der Waals surface area (Å²) in [6.07, 6.45) is 5.09. The topological polar surface area (TPSA) is 138 Å². The molecule has 0 aliphatic heterocycles. The Bertz CT molecular complexity index is 1710. The number of rotatable bonds is 10. The molecule has 2 aromatic heterocycles. The fourth-order valence-electron chi connectivity index (χ4n) is 8.18. The summed E-state index contributed by atoms with van der Waals surface area (Å²) in [4.78, 5) is 13.6. The molecule has 10 nitrogen and oxygen atoms in total. The lowest BCUT2D eigenvalue weighted by Gasteiger charge is -2.31. The molecule has 0 spiro atoms. The summed E-state index contributed by atoms with van der Waals surface area (Å²) in [5, 5.41) is 18.4. The first-order valence-corrected chi connectivity index (χ1v) is 17.0. The second kappa shape index (κ2) is 12.7. The zero-order valence-electron chi connectivity index (χ0n) is 28.0. The predicted octanol–water partition coefficient (Wildman–Crippen LogP) is 5.05. The van der Waals surface area contributed by atoms with Crippen LogP contribution in [0.15, 0.2) is 67.0 Å². The number of ether oxygens (including phenoxy) is 3. The van der Waals surface area contributed by atoms with E-state index in [2.05, 4.69) is 52.4 Å². The van der Waals surface area contributed by atoms with Crippen LogP contribution in [0.25, 0.3) is 11.2 Å². The maximum atomic E-state index is 9.42. The number of aliphatic hydroxyl groups excluding tert-OH is 2. The summed E-state index contributed by atoms with van der Waals surface area (Å²) < 4.78 is 21.1. The van der Waals surface area contributed by atoms with Crippen molar-refractivity contribution in [1.82, 2.24) is 19.5 Å². The average Bonchev–Trinajstić information content (AvgIpc) is 3.89. The predicted molar refractivity (Wildman–Crippen MR) is 183 cm³/mol. The molecule has 2 radical (unpaired) electrons. The molecule has 4 saturated carbocycles. The van der Waals surface area contributed by atoms with Gasteiger partial charge in [-0.25, -0.2) is 4.98 Å². The lowest BCUT2D eigenvalue weighted by atomic mass is 9.83. The van der Waals surface area contributed by atoms with E-state index in [0.717, 1.165) is 24.8 Å². The Labute approximate surface area is 283 Å². The van der Waals surface area contributed by atoms with Crippen LogP contribution >= 0.6 is 0 Å². The van der Waals surface area contributed by atoms with Crippen molar-refractivity contribution < 1.29 is 24.4 Å². The fourth-order valence-corrected chi connectivity index (χ4v) is 8.18. The molecule has 0 amide bonds. The summed E-state index contributed by atoms with van der Waals surface area (Å²) in [5.41, 5.74) is 9.24. The first-order valence-electron chi connectivity index (χ1n) is 17.0. The normalized spacial score (nSPS) is 31.5. The Kier molecular flexibility index (Phi) is 8.77. The van der Waals surface area contributed by atoms with Crippen molar-refractivity contribution in [3.05, 3.63) is 78.1 Å². The number of anilines is 1. The average molecular weight is 652 g/mol. The molecule has 2 unspecified atom stereocenters. The molecule has 4 N–H and O–H groups in total. The quantitative estimate of drug-likeness (QED) is 0.201. The maximum Gasteiger partial charge on any atom is 0.247 e. The van der Waals surface area contributed by atoms with Crippen LogP contribution in [0.4, 0.5) is 5.95 Å². The van der Waals surface area contributed by atoms with Gasteiger partial charge in [0.25, 0.3) is 0 Å². The molecule has 8 atom stereocenters. The number of hydrogen-bond donors (Lipinski definition) is 3. The Hall–Kier alpha value is -3.51. The van der Waals surface area contributed by atoms with Crippen LogP contribution in [-0.4, -0.2) is 68.6 Å². The summed E-state index contributed by atoms with van der Waals surface area (Å²) in [7, 11) is 5.70. The van der Waals surface area contributed by atoms with Gasteiger partial charge in [-0.05, 0) is 69.4 Å². The van der Waals surface area contributed by atoms with E-state index in [4.69, 9.17) is 32.9 Å². The first kappa shape index (κ1) is 33.0. The Balaban J connectivity index is 0.000000310. The summed E-state index contributed by atoms with van der Waals surface area (Å²) in [5.74, 6) is 1.52. The van der Waals surface area contributed by atoms with Gasteiger partial charge in [-0.3, -0.25) is 0 Å². The molecular weight excluding hydrogens is 605 g/mol. The molecule has 4 aliphatic rings.